The van der Waals surface area contributed by atoms with Crippen LogP contribution in [0.5, 0.6) is 0 Å². The molecule has 0 aromatic carbocycles. The molecule has 2 atom stereocenters. The summed E-state index contributed by atoms with van der Waals surface area (Å²) >= 11 is 1.92. The van der Waals surface area contributed by atoms with E-state index in [0.29, 0.717) is 18.9 Å². The van der Waals surface area contributed by atoms with Crippen LogP contribution in [0.15, 0.2) is 12.1 Å². The van der Waals surface area contributed by atoms with E-state index in [0.717, 1.165) is 38.9 Å². The maximum Gasteiger partial charge on any atom is 0.111 e. The molecule has 0 aliphatic carbocycles. The first-order chi connectivity index (χ1) is 11.3. The largest absolute Gasteiger partial charge is 0.387 e. The number of likely N-dealkylation sites (tertiary alicyclic amines) is 1. The average molecular weight is 354 g/mol. The number of thiophene rings is 1. The van der Waals surface area contributed by atoms with Crippen LogP contribution >= 0.6 is 11.3 Å². The minimum atomic E-state index is -1.03. The number of aliphatic hydroxyl groups is 2. The second kappa shape index (κ2) is 7.04. The van der Waals surface area contributed by atoms with Crippen LogP contribution < -0.4 is 0 Å². The van der Waals surface area contributed by atoms with Gasteiger partial charge in [-0.25, -0.2) is 0 Å². The number of hydrogen-bond donors (Lipinski definition) is 2. The lowest BCUT2D eigenvalue weighted by molar-refractivity contribution is -0.246. The fraction of sp³-hybridized carbons (Fsp3) is 0.789. The number of nitrogens with zero attached hydrogens (tertiary/aromatic N) is 1. The van der Waals surface area contributed by atoms with Crippen molar-refractivity contribution in [2.75, 3.05) is 19.7 Å². The first-order valence-electron chi connectivity index (χ1n) is 9.15. The van der Waals surface area contributed by atoms with Crippen molar-refractivity contribution in [3.05, 3.63) is 21.9 Å². The zero-order chi connectivity index (χ0) is 17.4. The predicted octanol–water partition coefficient (Wildman–Crippen LogP) is 2.81. The molecule has 136 valence electrons. The van der Waals surface area contributed by atoms with Gasteiger partial charge in [0, 0.05) is 35.8 Å². The van der Waals surface area contributed by atoms with Crippen molar-refractivity contribution in [1.82, 2.24) is 4.90 Å². The van der Waals surface area contributed by atoms with Gasteiger partial charge in [-0.2, -0.15) is 0 Å². The van der Waals surface area contributed by atoms with Gasteiger partial charge >= 0.3 is 0 Å². The molecule has 0 radical (unpaired) electrons. The number of hydrogen-bond acceptors (Lipinski definition) is 5. The molecule has 0 bridgehead atoms. The third kappa shape index (κ3) is 3.86. The number of piperidine rings is 1. The molecule has 2 aliphatic heterocycles. The van der Waals surface area contributed by atoms with Crippen LogP contribution in [0.25, 0.3) is 0 Å². The Hall–Kier alpha value is -0.460. The van der Waals surface area contributed by atoms with Gasteiger partial charge in [-0.15, -0.1) is 11.3 Å². The molecule has 1 aromatic rings. The summed E-state index contributed by atoms with van der Waals surface area (Å²) in [6.45, 7) is 9.58. The van der Waals surface area contributed by atoms with E-state index in [4.69, 9.17) is 4.74 Å². The molecule has 2 saturated heterocycles. The highest BCUT2D eigenvalue weighted by molar-refractivity contribution is 7.11. The number of aliphatic hydroxyl groups excluding tert-OH is 1. The summed E-state index contributed by atoms with van der Waals surface area (Å²) in [7, 11) is 0. The average Bonchev–Trinajstić information content (AvgIpc) is 2.93. The lowest BCUT2D eigenvalue weighted by Crippen LogP contribution is -2.64. The summed E-state index contributed by atoms with van der Waals surface area (Å²) in [4.78, 5) is 5.32. The topological polar surface area (TPSA) is 52.9 Å². The van der Waals surface area contributed by atoms with Crippen molar-refractivity contribution in [3.8, 4) is 0 Å². The first-order valence-corrected chi connectivity index (χ1v) is 9.97. The molecule has 1 aromatic heterocycles. The normalized spacial score (nSPS) is 31.0. The van der Waals surface area contributed by atoms with E-state index in [1.807, 2.05) is 11.3 Å². The Morgan fingerprint density at radius 3 is 2.58 bits per heavy atom. The van der Waals surface area contributed by atoms with Gasteiger partial charge in [0.25, 0.3) is 0 Å². The fourth-order valence-electron chi connectivity index (χ4n) is 3.99. The van der Waals surface area contributed by atoms with E-state index in [2.05, 4.69) is 30.9 Å². The van der Waals surface area contributed by atoms with E-state index in [1.165, 1.54) is 9.75 Å². The lowest BCUT2D eigenvalue weighted by Gasteiger charge is -2.51. The standard InChI is InChI=1S/C19H31NO3S/c1-14(2)12-15-4-5-16(24-15)13-20-9-6-19(7-10-20)17(21)18(3,22)8-11-23-19/h4-5,14,17,21-22H,6-13H2,1-3H3/t17-,18+/m0/s1. The molecule has 1 spiro atoms. The maximum absolute atomic E-state index is 10.6. The third-order valence-electron chi connectivity index (χ3n) is 5.49. The van der Waals surface area contributed by atoms with Crippen molar-refractivity contribution in [2.45, 2.75) is 70.3 Å². The predicted molar refractivity (Wildman–Crippen MR) is 97.3 cm³/mol. The molecular formula is C19H31NO3S. The maximum atomic E-state index is 10.6. The highest BCUT2D eigenvalue weighted by Crippen LogP contribution is 2.40. The lowest BCUT2D eigenvalue weighted by atomic mass is 9.75. The van der Waals surface area contributed by atoms with Crippen LogP contribution in [0.2, 0.25) is 0 Å². The van der Waals surface area contributed by atoms with Gasteiger partial charge in [0.15, 0.2) is 0 Å². The van der Waals surface area contributed by atoms with Crippen molar-refractivity contribution in [2.24, 2.45) is 5.92 Å². The Labute approximate surface area is 149 Å². The highest BCUT2D eigenvalue weighted by atomic mass is 32.1. The summed E-state index contributed by atoms with van der Waals surface area (Å²) in [6.07, 6.45) is 2.44. The Balaban J connectivity index is 1.56. The zero-order valence-corrected chi connectivity index (χ0v) is 15.9. The van der Waals surface area contributed by atoms with E-state index in [9.17, 15) is 10.2 Å². The summed E-state index contributed by atoms with van der Waals surface area (Å²) in [5.74, 6) is 0.698. The number of ether oxygens (including phenoxy) is 1. The molecule has 4 nitrogen and oxygen atoms in total. The molecule has 3 rings (SSSR count). The van der Waals surface area contributed by atoms with Gasteiger partial charge in [-0.3, -0.25) is 4.90 Å². The summed E-state index contributed by atoms with van der Waals surface area (Å²) in [6, 6.07) is 4.51. The fourth-order valence-corrected chi connectivity index (χ4v) is 5.26. The summed E-state index contributed by atoms with van der Waals surface area (Å²) < 4.78 is 5.97. The van der Waals surface area contributed by atoms with Gasteiger partial charge in [0.1, 0.15) is 6.10 Å². The molecular weight excluding hydrogens is 322 g/mol. The Bertz CT molecular complexity index is 547. The summed E-state index contributed by atoms with van der Waals surface area (Å²) in [5, 5.41) is 21.0. The minimum Gasteiger partial charge on any atom is -0.387 e. The second-order valence-electron chi connectivity index (χ2n) is 8.17. The van der Waals surface area contributed by atoms with Crippen molar-refractivity contribution in [3.63, 3.8) is 0 Å². The van der Waals surface area contributed by atoms with Gasteiger partial charge in [-0.1, -0.05) is 13.8 Å². The molecule has 24 heavy (non-hydrogen) atoms. The van der Waals surface area contributed by atoms with E-state index in [1.54, 1.807) is 6.92 Å². The molecule has 0 amide bonds. The monoisotopic (exact) mass is 353 g/mol. The van der Waals surface area contributed by atoms with Gasteiger partial charge < -0.3 is 14.9 Å². The van der Waals surface area contributed by atoms with Crippen LogP contribution in [-0.2, 0) is 17.7 Å². The third-order valence-corrected chi connectivity index (χ3v) is 6.59. The van der Waals surface area contributed by atoms with E-state index < -0.39 is 17.3 Å². The zero-order valence-electron chi connectivity index (χ0n) is 15.1. The molecule has 3 heterocycles. The quantitative estimate of drug-likeness (QED) is 0.874. The van der Waals surface area contributed by atoms with Gasteiger partial charge in [-0.05, 0) is 44.2 Å². The molecule has 5 heteroatoms. The van der Waals surface area contributed by atoms with Crippen LogP contribution in [0, 0.1) is 5.92 Å². The van der Waals surface area contributed by atoms with Crippen molar-refractivity contribution < 1.29 is 14.9 Å². The Kier molecular flexibility index (Phi) is 5.38. The second-order valence-corrected chi connectivity index (χ2v) is 9.42. The van der Waals surface area contributed by atoms with Crippen molar-refractivity contribution in [1.29, 1.82) is 0 Å². The summed E-state index contributed by atoms with van der Waals surface area (Å²) in [5.41, 5.74) is -1.59. The molecule has 2 N–H and O–H groups in total. The molecule has 2 fully saturated rings. The van der Waals surface area contributed by atoms with Crippen LogP contribution in [0.1, 0.15) is 49.8 Å². The Morgan fingerprint density at radius 1 is 1.25 bits per heavy atom. The smallest absolute Gasteiger partial charge is 0.111 e. The van der Waals surface area contributed by atoms with Crippen LogP contribution in [-0.4, -0.2) is 52.1 Å². The van der Waals surface area contributed by atoms with Crippen LogP contribution in [0.4, 0.5) is 0 Å². The molecule has 2 aliphatic rings. The SMILES string of the molecule is CC(C)Cc1ccc(CN2CCC3(CC2)OCC[C@@](C)(O)[C@@H]3O)s1. The minimum absolute atomic E-state index is 0.507. The van der Waals surface area contributed by atoms with Gasteiger partial charge in [0.2, 0.25) is 0 Å². The molecule has 0 saturated carbocycles. The van der Waals surface area contributed by atoms with E-state index >= 15 is 0 Å². The van der Waals surface area contributed by atoms with Crippen molar-refractivity contribution >= 4 is 11.3 Å². The van der Waals surface area contributed by atoms with E-state index in [-0.39, 0.29) is 0 Å². The highest BCUT2D eigenvalue weighted by Gasteiger charge is 2.52. The Morgan fingerprint density at radius 2 is 1.92 bits per heavy atom. The molecule has 0 unspecified atom stereocenters. The van der Waals surface area contributed by atoms with Crippen LogP contribution in [0.3, 0.4) is 0 Å². The number of rotatable bonds is 4. The van der Waals surface area contributed by atoms with Gasteiger partial charge in [0.05, 0.1) is 17.8 Å². The first kappa shape index (κ1) is 18.3.